The van der Waals surface area contributed by atoms with Gasteiger partial charge in [-0.2, -0.15) is 0 Å². The van der Waals surface area contributed by atoms with Crippen molar-refractivity contribution in [3.63, 3.8) is 0 Å². The molecule has 0 bridgehead atoms. The van der Waals surface area contributed by atoms with Crippen LogP contribution in [0.25, 0.3) is 0 Å². The summed E-state index contributed by atoms with van der Waals surface area (Å²) in [5.74, 6) is -1.05. The number of carbonyl (C=O) groups is 4. The Kier molecular flexibility index (Phi) is 16.2. The second-order valence-electron chi connectivity index (χ2n) is 10.9. The maximum Gasteiger partial charge on any atom is 0.414 e. The number of aliphatic imine (C=N–C) groups is 1. The molecule has 4 N–H and O–H groups in total. The zero-order valence-electron chi connectivity index (χ0n) is 26.9. The monoisotopic (exact) mass is 677 g/mol. The molecule has 2 rings (SSSR count). The van der Waals surface area contributed by atoms with E-state index in [1.165, 1.54) is 0 Å². The molecular weight excluding hydrogens is 634 g/mol. The number of benzene rings is 2. The Balaban J connectivity index is 2.09. The van der Waals surface area contributed by atoms with E-state index < -0.39 is 51.7 Å². The predicted octanol–water partition coefficient (Wildman–Crippen LogP) is 3.35. The number of alkyl carbamates (subject to hydrolysis) is 3. The molecule has 0 spiro atoms. The highest BCUT2D eigenvalue weighted by Crippen LogP contribution is 2.10. The lowest BCUT2D eigenvalue weighted by atomic mass is 10.2. The minimum absolute atomic E-state index is 0.0400. The molecule has 0 aliphatic rings. The van der Waals surface area contributed by atoms with Crippen LogP contribution in [0.3, 0.4) is 0 Å². The Labute approximate surface area is 274 Å². The highest BCUT2D eigenvalue weighted by atomic mass is 32.2. The van der Waals surface area contributed by atoms with E-state index in [-0.39, 0.29) is 51.7 Å². The van der Waals surface area contributed by atoms with Gasteiger partial charge in [-0.15, -0.1) is 0 Å². The van der Waals surface area contributed by atoms with Gasteiger partial charge in [0.25, 0.3) is 0 Å². The summed E-state index contributed by atoms with van der Waals surface area (Å²) in [6.07, 6.45) is -2.55. The van der Waals surface area contributed by atoms with Crippen LogP contribution in [0.4, 0.5) is 14.4 Å². The van der Waals surface area contributed by atoms with Crippen LogP contribution in [0.15, 0.2) is 65.7 Å². The molecule has 1 atom stereocenters. The molecule has 15 nitrogen and oxygen atoms in total. The number of guanidine groups is 1. The van der Waals surface area contributed by atoms with E-state index in [1.807, 2.05) is 12.1 Å². The lowest BCUT2D eigenvalue weighted by Crippen LogP contribution is -2.45. The molecule has 0 saturated carbocycles. The van der Waals surface area contributed by atoms with Gasteiger partial charge in [0, 0.05) is 13.1 Å². The molecule has 0 aliphatic heterocycles. The van der Waals surface area contributed by atoms with Gasteiger partial charge in [-0.3, -0.25) is 20.4 Å². The molecule has 0 radical (unpaired) electrons. The smallest absolute Gasteiger partial charge is 0.414 e. The predicted molar refractivity (Wildman–Crippen MR) is 173 cm³/mol. The molecule has 2 aromatic carbocycles. The van der Waals surface area contributed by atoms with E-state index in [4.69, 9.17) is 18.9 Å². The fourth-order valence-corrected chi connectivity index (χ4v) is 5.03. The lowest BCUT2D eigenvalue weighted by molar-refractivity contribution is -0.141. The zero-order valence-corrected chi connectivity index (χ0v) is 27.8. The normalized spacial score (nSPS) is 11.7. The largest absolute Gasteiger partial charge is 0.465 e. The summed E-state index contributed by atoms with van der Waals surface area (Å²) < 4.78 is 48.7. The molecule has 0 heterocycles. The maximum absolute atomic E-state index is 13.0. The van der Waals surface area contributed by atoms with E-state index >= 15 is 0 Å². The summed E-state index contributed by atoms with van der Waals surface area (Å²) >= 11 is 0. The average molecular weight is 678 g/mol. The second-order valence-corrected chi connectivity index (χ2v) is 13.0. The Hall–Kier alpha value is -4.70. The van der Waals surface area contributed by atoms with Crippen molar-refractivity contribution < 1.29 is 46.5 Å². The maximum atomic E-state index is 13.0. The Morgan fingerprint density at radius 1 is 0.809 bits per heavy atom. The van der Waals surface area contributed by atoms with Crippen LogP contribution in [-0.4, -0.2) is 75.7 Å². The summed E-state index contributed by atoms with van der Waals surface area (Å²) in [4.78, 5) is 53.2. The van der Waals surface area contributed by atoms with Crippen molar-refractivity contribution in [2.24, 2.45) is 4.99 Å². The van der Waals surface area contributed by atoms with Crippen LogP contribution in [0.5, 0.6) is 0 Å². The molecule has 0 fully saturated rings. The van der Waals surface area contributed by atoms with Crippen molar-refractivity contribution >= 4 is 40.2 Å². The molecule has 47 heavy (non-hydrogen) atoms. The standard InChI is InChI=1S/C31H43N5O10S/c1-5-43-26(37)20-34-47(41,42)25(19-33-28(38)46-31(2,3)4)17-12-18-32-27(35-29(39)44-21-23-13-8-6-9-14-23)36-30(40)45-22-24-15-10-7-11-16-24/h6-11,13-16,25,34H,5,12,17-22H2,1-4H3,(H,33,38)(H2,32,35,36,39,40). The van der Waals surface area contributed by atoms with Crippen LogP contribution in [0, 0.1) is 0 Å². The van der Waals surface area contributed by atoms with Gasteiger partial charge < -0.3 is 24.3 Å². The number of ether oxygens (including phenoxy) is 4. The van der Waals surface area contributed by atoms with Crippen LogP contribution >= 0.6 is 0 Å². The van der Waals surface area contributed by atoms with Crippen molar-refractivity contribution in [2.75, 3.05) is 26.2 Å². The van der Waals surface area contributed by atoms with Gasteiger partial charge in [0.15, 0.2) is 0 Å². The second kappa shape index (κ2) is 19.7. The number of esters is 1. The van der Waals surface area contributed by atoms with E-state index in [1.54, 1.807) is 76.2 Å². The number of sulfonamides is 1. The quantitative estimate of drug-likeness (QED) is 0.0713. The van der Waals surface area contributed by atoms with Crippen LogP contribution in [-0.2, 0) is 47.0 Å². The molecule has 16 heteroatoms. The zero-order chi connectivity index (χ0) is 34.7. The summed E-state index contributed by atoms with van der Waals surface area (Å²) in [6, 6.07) is 17.9. The first-order valence-electron chi connectivity index (χ1n) is 14.9. The van der Waals surface area contributed by atoms with Gasteiger partial charge in [0.05, 0.1) is 11.9 Å². The SMILES string of the molecule is CCOC(=O)CNS(=O)(=O)C(CCCN=C(NC(=O)OCc1ccccc1)NC(=O)OCc1ccccc1)CNC(=O)OC(C)(C)C. The third-order valence-electron chi connectivity index (χ3n) is 5.86. The Morgan fingerprint density at radius 2 is 1.34 bits per heavy atom. The van der Waals surface area contributed by atoms with Crippen LogP contribution in [0.2, 0.25) is 0 Å². The molecule has 2 aromatic rings. The number of nitrogens with one attached hydrogen (secondary N) is 4. The fraction of sp³-hybridized carbons (Fsp3) is 0.452. The highest BCUT2D eigenvalue weighted by Gasteiger charge is 2.27. The molecule has 3 amide bonds. The average Bonchev–Trinajstić information content (AvgIpc) is 3.01. The van der Waals surface area contributed by atoms with Crippen LogP contribution in [0.1, 0.15) is 51.7 Å². The topological polar surface area (TPSA) is 200 Å². The van der Waals surface area contributed by atoms with Crippen molar-refractivity contribution in [1.29, 1.82) is 0 Å². The molecular formula is C31H43N5O10S. The van der Waals surface area contributed by atoms with Crippen LogP contribution < -0.4 is 20.7 Å². The first kappa shape index (κ1) is 38.5. The summed E-state index contributed by atoms with van der Waals surface area (Å²) in [5.41, 5.74) is 0.663. The summed E-state index contributed by atoms with van der Waals surface area (Å²) in [5, 5.41) is 5.96. The van der Waals surface area contributed by atoms with Gasteiger partial charge in [0.2, 0.25) is 16.0 Å². The van der Waals surface area contributed by atoms with Gasteiger partial charge in [-0.05, 0) is 51.7 Å². The van der Waals surface area contributed by atoms with Crippen molar-refractivity contribution in [3.05, 3.63) is 71.8 Å². The van der Waals surface area contributed by atoms with Crippen molar-refractivity contribution in [1.82, 2.24) is 20.7 Å². The van der Waals surface area contributed by atoms with Gasteiger partial charge in [-0.1, -0.05) is 60.7 Å². The summed E-state index contributed by atoms with van der Waals surface area (Å²) in [7, 11) is -4.13. The third kappa shape index (κ3) is 17.0. The fourth-order valence-electron chi connectivity index (χ4n) is 3.70. The number of hydrogen-bond donors (Lipinski definition) is 4. The molecule has 258 valence electrons. The first-order valence-corrected chi connectivity index (χ1v) is 16.4. The van der Waals surface area contributed by atoms with Gasteiger partial charge in [0.1, 0.15) is 25.4 Å². The van der Waals surface area contributed by atoms with Gasteiger partial charge in [-0.25, -0.2) is 27.5 Å². The molecule has 0 aromatic heterocycles. The molecule has 1 unspecified atom stereocenters. The lowest BCUT2D eigenvalue weighted by Gasteiger charge is -2.22. The first-order chi connectivity index (χ1) is 22.3. The van der Waals surface area contributed by atoms with Crippen molar-refractivity contribution in [3.8, 4) is 0 Å². The van der Waals surface area contributed by atoms with E-state index in [9.17, 15) is 27.6 Å². The molecule has 0 saturated heterocycles. The number of nitrogens with zero attached hydrogens (tertiary/aromatic N) is 1. The van der Waals surface area contributed by atoms with Crippen molar-refractivity contribution in [2.45, 2.75) is 64.6 Å². The van der Waals surface area contributed by atoms with E-state index in [2.05, 4.69) is 25.7 Å². The number of amides is 3. The minimum atomic E-state index is -4.13. The Bertz CT molecular complexity index is 1370. The highest BCUT2D eigenvalue weighted by molar-refractivity contribution is 7.90. The third-order valence-corrected chi connectivity index (χ3v) is 7.68. The van der Waals surface area contributed by atoms with Gasteiger partial charge >= 0.3 is 24.2 Å². The number of hydrogen-bond acceptors (Lipinski definition) is 11. The van der Waals surface area contributed by atoms with E-state index in [0.717, 1.165) is 11.1 Å². The van der Waals surface area contributed by atoms with E-state index in [0.29, 0.717) is 0 Å². The minimum Gasteiger partial charge on any atom is -0.465 e. The number of rotatable bonds is 15. The summed E-state index contributed by atoms with van der Waals surface area (Å²) in [6.45, 7) is 5.57. The molecule has 0 aliphatic carbocycles. The Morgan fingerprint density at radius 3 is 1.83 bits per heavy atom. The number of carbonyl (C=O) groups excluding carboxylic acids is 4.